The largest absolute Gasteiger partial charge is 0.296 e. The summed E-state index contributed by atoms with van der Waals surface area (Å²) in [6.07, 6.45) is 4.58. The van der Waals surface area contributed by atoms with Crippen LogP contribution in [-0.4, -0.2) is 11.3 Å². The third-order valence-electron chi connectivity index (χ3n) is 2.24. The number of aromatic nitrogens is 1. The summed E-state index contributed by atoms with van der Waals surface area (Å²) in [5.74, 6) is 0.606. The second-order valence-corrected chi connectivity index (χ2v) is 5.27. The van der Waals surface area contributed by atoms with E-state index in [1.807, 2.05) is 0 Å². The number of carbonyl (C=O) groups is 1. The number of carbonyl (C=O) groups excluding carboxylic acids is 1. The molecule has 2 nitrogen and oxygen atoms in total. The number of hydrogen-bond donors (Lipinski definition) is 0. The number of rotatable bonds is 2. The summed E-state index contributed by atoms with van der Waals surface area (Å²) < 4.78 is 0.825. The van der Waals surface area contributed by atoms with E-state index in [1.165, 1.54) is 24.1 Å². The fraction of sp³-hybridized carbons (Fsp3) is 0.500. The molecule has 0 bridgehead atoms. The fourth-order valence-corrected chi connectivity index (χ4v) is 3.00. The molecule has 1 aromatic heterocycles. The van der Waals surface area contributed by atoms with Crippen LogP contribution < -0.4 is 0 Å². The van der Waals surface area contributed by atoms with E-state index in [9.17, 15) is 4.79 Å². The van der Waals surface area contributed by atoms with Crippen LogP contribution in [0.4, 0.5) is 0 Å². The monoisotopic (exact) mass is 245 g/mol. The molecule has 1 aliphatic carbocycles. The number of hydrogen-bond acceptors (Lipinski definition) is 3. The molecule has 1 saturated carbocycles. The maximum atomic E-state index is 10.6. The van der Waals surface area contributed by atoms with E-state index >= 15 is 0 Å². The molecule has 64 valence electrons. The molecule has 0 amide bonds. The maximum Gasteiger partial charge on any atom is 0.169 e. The highest BCUT2D eigenvalue weighted by Crippen LogP contribution is 2.41. The lowest BCUT2D eigenvalue weighted by molar-refractivity contribution is 0.111. The van der Waals surface area contributed by atoms with E-state index in [0.29, 0.717) is 11.6 Å². The summed E-state index contributed by atoms with van der Waals surface area (Å²) in [6, 6.07) is 0. The van der Waals surface area contributed by atoms with Gasteiger partial charge in [0.1, 0.15) is 5.69 Å². The minimum atomic E-state index is 0.606. The Labute approximate surface area is 83.1 Å². The Kier molecular flexibility index (Phi) is 2.28. The van der Waals surface area contributed by atoms with Crippen LogP contribution in [-0.2, 0) is 0 Å². The van der Waals surface area contributed by atoms with Crippen molar-refractivity contribution in [2.24, 2.45) is 0 Å². The maximum absolute atomic E-state index is 10.6. The van der Waals surface area contributed by atoms with Gasteiger partial charge in [-0.2, -0.15) is 0 Å². The molecule has 4 heteroatoms. The molecule has 0 N–H and O–H groups in total. The zero-order valence-electron chi connectivity index (χ0n) is 6.42. The van der Waals surface area contributed by atoms with Crippen molar-refractivity contribution in [2.45, 2.75) is 25.2 Å². The third kappa shape index (κ3) is 1.33. The van der Waals surface area contributed by atoms with Gasteiger partial charge in [-0.25, -0.2) is 4.98 Å². The van der Waals surface area contributed by atoms with Gasteiger partial charge in [-0.15, -0.1) is 11.3 Å². The number of thiazole rings is 1. The van der Waals surface area contributed by atoms with E-state index < -0.39 is 0 Å². The first-order chi connectivity index (χ1) is 5.81. The molecule has 1 aliphatic rings. The van der Waals surface area contributed by atoms with Gasteiger partial charge in [0.05, 0.1) is 0 Å². The molecule has 2 rings (SSSR count). The SMILES string of the molecule is O=Cc1nc(Br)sc1C1CCC1. The van der Waals surface area contributed by atoms with Gasteiger partial charge in [0.25, 0.3) is 0 Å². The normalized spacial score (nSPS) is 17.4. The van der Waals surface area contributed by atoms with Crippen LogP contribution in [0.25, 0.3) is 0 Å². The summed E-state index contributed by atoms with van der Waals surface area (Å²) in [6.45, 7) is 0. The summed E-state index contributed by atoms with van der Waals surface area (Å²) >= 11 is 4.89. The first-order valence-corrected chi connectivity index (χ1v) is 5.53. The first-order valence-electron chi connectivity index (χ1n) is 3.92. The minimum Gasteiger partial charge on any atom is -0.296 e. The van der Waals surface area contributed by atoms with E-state index in [-0.39, 0.29) is 0 Å². The Morgan fingerprint density at radius 1 is 1.58 bits per heavy atom. The molecule has 0 unspecified atom stereocenters. The average molecular weight is 246 g/mol. The highest BCUT2D eigenvalue weighted by molar-refractivity contribution is 9.11. The van der Waals surface area contributed by atoms with Crippen molar-refractivity contribution in [1.82, 2.24) is 4.98 Å². The molecule has 1 aromatic rings. The van der Waals surface area contributed by atoms with Crippen LogP contribution in [0.5, 0.6) is 0 Å². The molecule has 0 radical (unpaired) electrons. The molecule has 0 saturated heterocycles. The highest BCUT2D eigenvalue weighted by Gasteiger charge is 2.24. The molecule has 0 atom stereocenters. The molecule has 0 aliphatic heterocycles. The van der Waals surface area contributed by atoms with Crippen molar-refractivity contribution in [3.05, 3.63) is 14.5 Å². The highest BCUT2D eigenvalue weighted by atomic mass is 79.9. The second kappa shape index (κ2) is 3.26. The lowest BCUT2D eigenvalue weighted by Gasteiger charge is -2.23. The molecule has 0 spiro atoms. The Balaban J connectivity index is 2.33. The lowest BCUT2D eigenvalue weighted by Crippen LogP contribution is -2.08. The Hall–Kier alpha value is -0.220. The Morgan fingerprint density at radius 3 is 2.83 bits per heavy atom. The fourth-order valence-electron chi connectivity index (χ4n) is 1.36. The summed E-state index contributed by atoms with van der Waals surface area (Å²) in [7, 11) is 0. The predicted molar refractivity (Wildman–Crippen MR) is 51.8 cm³/mol. The summed E-state index contributed by atoms with van der Waals surface area (Å²) in [5, 5.41) is 0. The van der Waals surface area contributed by atoms with E-state index in [2.05, 4.69) is 20.9 Å². The molecule has 12 heavy (non-hydrogen) atoms. The van der Waals surface area contributed by atoms with Crippen LogP contribution >= 0.6 is 27.3 Å². The van der Waals surface area contributed by atoms with Gasteiger partial charge < -0.3 is 0 Å². The van der Waals surface area contributed by atoms with E-state index in [1.54, 1.807) is 11.3 Å². The van der Waals surface area contributed by atoms with Gasteiger partial charge in [-0.1, -0.05) is 6.42 Å². The van der Waals surface area contributed by atoms with Gasteiger partial charge in [-0.3, -0.25) is 4.79 Å². The zero-order valence-corrected chi connectivity index (χ0v) is 8.82. The zero-order chi connectivity index (χ0) is 8.55. The third-order valence-corrected chi connectivity index (χ3v) is 3.93. The summed E-state index contributed by atoms with van der Waals surface area (Å²) in [4.78, 5) is 15.9. The minimum absolute atomic E-state index is 0.606. The van der Waals surface area contributed by atoms with E-state index in [4.69, 9.17) is 0 Å². The molecular weight excluding hydrogens is 238 g/mol. The van der Waals surface area contributed by atoms with Gasteiger partial charge >= 0.3 is 0 Å². The van der Waals surface area contributed by atoms with Crippen LogP contribution in [0.1, 0.15) is 40.5 Å². The molecule has 1 heterocycles. The van der Waals surface area contributed by atoms with Gasteiger partial charge in [0.2, 0.25) is 0 Å². The molecular formula is C8H8BrNOS. The van der Waals surface area contributed by atoms with Crippen molar-refractivity contribution < 1.29 is 4.79 Å². The van der Waals surface area contributed by atoms with Crippen LogP contribution in [0, 0.1) is 0 Å². The standard InChI is InChI=1S/C8H8BrNOS/c9-8-10-6(4-11)7(12-8)5-2-1-3-5/h4-5H,1-3H2. The van der Waals surface area contributed by atoms with E-state index in [0.717, 1.165) is 10.2 Å². The van der Waals surface area contributed by atoms with Gasteiger partial charge in [0.15, 0.2) is 10.2 Å². The Morgan fingerprint density at radius 2 is 2.33 bits per heavy atom. The van der Waals surface area contributed by atoms with Crippen LogP contribution in [0.2, 0.25) is 0 Å². The summed E-state index contributed by atoms with van der Waals surface area (Å²) in [5.41, 5.74) is 0.636. The van der Waals surface area contributed by atoms with Crippen molar-refractivity contribution >= 4 is 33.6 Å². The van der Waals surface area contributed by atoms with Gasteiger partial charge in [0, 0.05) is 4.88 Å². The van der Waals surface area contributed by atoms with Crippen molar-refractivity contribution in [3.8, 4) is 0 Å². The molecule has 1 fully saturated rings. The predicted octanol–water partition coefficient (Wildman–Crippen LogP) is 2.99. The Bertz CT molecular complexity index is 306. The van der Waals surface area contributed by atoms with Crippen LogP contribution in [0.3, 0.4) is 0 Å². The number of halogens is 1. The second-order valence-electron chi connectivity index (χ2n) is 2.96. The number of nitrogens with zero attached hydrogens (tertiary/aromatic N) is 1. The van der Waals surface area contributed by atoms with Gasteiger partial charge in [-0.05, 0) is 34.7 Å². The van der Waals surface area contributed by atoms with Crippen molar-refractivity contribution in [2.75, 3.05) is 0 Å². The first kappa shape index (κ1) is 8.38. The van der Waals surface area contributed by atoms with Crippen LogP contribution in [0.15, 0.2) is 3.92 Å². The lowest BCUT2D eigenvalue weighted by atomic mass is 9.84. The average Bonchev–Trinajstić information content (AvgIpc) is 2.27. The van der Waals surface area contributed by atoms with Crippen molar-refractivity contribution in [3.63, 3.8) is 0 Å². The smallest absolute Gasteiger partial charge is 0.169 e. The topological polar surface area (TPSA) is 30.0 Å². The van der Waals surface area contributed by atoms with Crippen molar-refractivity contribution in [1.29, 1.82) is 0 Å². The number of aldehydes is 1. The quantitative estimate of drug-likeness (QED) is 0.751. The molecule has 0 aromatic carbocycles.